The van der Waals surface area contributed by atoms with Crippen LogP contribution in [0, 0.1) is 38.3 Å². The lowest BCUT2D eigenvalue weighted by molar-refractivity contribution is -0.896. The van der Waals surface area contributed by atoms with E-state index in [4.69, 9.17) is 25.5 Å². The van der Waals surface area contributed by atoms with E-state index in [1.165, 1.54) is 11.3 Å². The summed E-state index contributed by atoms with van der Waals surface area (Å²) in [6.07, 6.45) is 0. The normalized spacial score (nSPS) is 11.6. The molecule has 1 aromatic heterocycles. The van der Waals surface area contributed by atoms with Crippen LogP contribution in [0.15, 0.2) is 28.4 Å². The minimum absolute atomic E-state index is 0.414. The summed E-state index contributed by atoms with van der Waals surface area (Å²) in [6, 6.07) is 8.15. The molecule has 0 amide bonds. The van der Waals surface area contributed by atoms with Crippen molar-refractivity contribution in [1.29, 1.82) is 5.26 Å². The van der Waals surface area contributed by atoms with Gasteiger partial charge in [-0.15, -0.1) is 35.0 Å². The van der Waals surface area contributed by atoms with Gasteiger partial charge >= 0.3 is 0 Å². The Kier molecular flexibility index (Phi) is 17.0. The first-order valence-electron chi connectivity index (χ1n) is 15.0. The highest BCUT2D eigenvalue weighted by atomic mass is 32.1. The molecule has 236 valence electrons. The Morgan fingerprint density at radius 2 is 1.56 bits per heavy atom. The molecule has 0 saturated carbocycles. The first kappa shape index (κ1) is 36.3. The van der Waals surface area contributed by atoms with Gasteiger partial charge in [0.1, 0.15) is 11.1 Å². The SMILES string of the molecule is [C-]#[N+]c1sc(/N=N\c2ccc(N(CC)CCOCCOCCOCCOCC[N+]([CH-]C)(CC)CC)cc2C)c(C#N)c1C. The van der Waals surface area contributed by atoms with E-state index in [0.717, 1.165) is 60.8 Å². The smallest absolute Gasteiger partial charge is 0.247 e. The fraction of sp³-hybridized carbons (Fsp3) is 0.594. The van der Waals surface area contributed by atoms with Crippen molar-refractivity contribution in [2.45, 2.75) is 41.5 Å². The molecular formula is C32H48N6O4S. The lowest BCUT2D eigenvalue weighted by Crippen LogP contribution is -2.46. The van der Waals surface area contributed by atoms with Gasteiger partial charge in [-0.1, -0.05) is 0 Å². The minimum Gasteiger partial charge on any atom is -0.453 e. The van der Waals surface area contributed by atoms with Gasteiger partial charge < -0.3 is 28.3 Å². The van der Waals surface area contributed by atoms with E-state index >= 15 is 0 Å². The highest BCUT2D eigenvalue weighted by molar-refractivity contribution is 7.20. The molecule has 2 rings (SSSR count). The molecule has 0 saturated heterocycles. The van der Waals surface area contributed by atoms with Crippen molar-refractivity contribution in [2.24, 2.45) is 10.2 Å². The van der Waals surface area contributed by atoms with Crippen molar-refractivity contribution < 1.29 is 23.4 Å². The number of hydrogen-bond acceptors (Lipinski definition) is 9. The van der Waals surface area contributed by atoms with E-state index < -0.39 is 0 Å². The van der Waals surface area contributed by atoms with Crippen LogP contribution in [-0.4, -0.2) is 90.1 Å². The molecule has 43 heavy (non-hydrogen) atoms. The maximum Gasteiger partial charge on any atom is 0.247 e. The van der Waals surface area contributed by atoms with Gasteiger partial charge in [-0.3, -0.25) is 0 Å². The monoisotopic (exact) mass is 612 g/mol. The summed E-state index contributed by atoms with van der Waals surface area (Å²) < 4.78 is 23.7. The van der Waals surface area contributed by atoms with E-state index in [1.807, 2.05) is 19.1 Å². The van der Waals surface area contributed by atoms with Gasteiger partial charge in [0.2, 0.25) is 5.00 Å². The van der Waals surface area contributed by atoms with Crippen LogP contribution in [0.4, 0.5) is 21.4 Å². The average Bonchev–Trinajstić information content (AvgIpc) is 3.34. The van der Waals surface area contributed by atoms with E-state index in [9.17, 15) is 5.26 Å². The third kappa shape index (κ3) is 11.6. The summed E-state index contributed by atoms with van der Waals surface area (Å²) in [7, 11) is 0. The van der Waals surface area contributed by atoms with Crippen molar-refractivity contribution in [3.63, 3.8) is 0 Å². The molecule has 1 aromatic carbocycles. The maximum absolute atomic E-state index is 9.43. The molecule has 0 aliphatic rings. The summed E-state index contributed by atoms with van der Waals surface area (Å²) in [5.74, 6) is 0. The second kappa shape index (κ2) is 20.1. The second-order valence-electron chi connectivity index (χ2n) is 9.97. The molecule has 1 heterocycles. The molecule has 10 nitrogen and oxygen atoms in total. The predicted octanol–water partition coefficient (Wildman–Crippen LogP) is 7.13. The molecule has 0 aliphatic heterocycles. The molecule has 2 aromatic rings. The Labute approximate surface area is 262 Å². The highest BCUT2D eigenvalue weighted by Gasteiger charge is 2.15. The van der Waals surface area contributed by atoms with E-state index in [2.05, 4.69) is 66.3 Å². The number of anilines is 1. The predicted molar refractivity (Wildman–Crippen MR) is 173 cm³/mol. The lowest BCUT2D eigenvalue weighted by atomic mass is 10.1. The van der Waals surface area contributed by atoms with E-state index in [-0.39, 0.29) is 0 Å². The average molecular weight is 613 g/mol. The van der Waals surface area contributed by atoms with Crippen LogP contribution in [0.25, 0.3) is 4.85 Å². The highest BCUT2D eigenvalue weighted by Crippen LogP contribution is 2.41. The van der Waals surface area contributed by atoms with E-state index in [1.54, 1.807) is 6.92 Å². The third-order valence-corrected chi connectivity index (χ3v) is 8.67. The Bertz CT molecular complexity index is 1210. The molecule has 0 atom stereocenters. The van der Waals surface area contributed by atoms with Crippen molar-refractivity contribution in [1.82, 2.24) is 0 Å². The summed E-state index contributed by atoms with van der Waals surface area (Å²) in [5, 5.41) is 19.0. The summed E-state index contributed by atoms with van der Waals surface area (Å²) in [4.78, 5) is 5.72. The van der Waals surface area contributed by atoms with Crippen molar-refractivity contribution >= 4 is 32.7 Å². The summed E-state index contributed by atoms with van der Waals surface area (Å²) in [5.41, 5.74) is 3.86. The topological polar surface area (TPSA) is 93.0 Å². The molecule has 0 N–H and O–H groups in total. The molecular weight excluding hydrogens is 564 g/mol. The number of thiophene rings is 1. The summed E-state index contributed by atoms with van der Waals surface area (Å²) in [6.45, 7) is 31.4. The zero-order chi connectivity index (χ0) is 31.5. The Hall–Kier alpha value is -2.90. The lowest BCUT2D eigenvalue weighted by Gasteiger charge is -2.44. The largest absolute Gasteiger partial charge is 0.453 e. The van der Waals surface area contributed by atoms with Crippen LogP contribution < -0.4 is 4.90 Å². The number of aryl methyl sites for hydroxylation is 1. The molecule has 0 unspecified atom stereocenters. The minimum atomic E-state index is 0.414. The Balaban J connectivity index is 1.62. The van der Waals surface area contributed by atoms with Crippen LogP contribution in [-0.2, 0) is 18.9 Å². The number of likely N-dealkylation sites (N-methyl/N-ethyl adjacent to an activating group) is 2. The molecule has 11 heteroatoms. The molecule has 0 bridgehead atoms. The number of ether oxygens (including phenoxy) is 4. The summed E-state index contributed by atoms with van der Waals surface area (Å²) >= 11 is 1.19. The van der Waals surface area contributed by atoms with Gasteiger partial charge in [0.05, 0.1) is 90.3 Å². The number of quaternary nitrogens is 1. The van der Waals surface area contributed by atoms with Crippen LogP contribution in [0.1, 0.15) is 44.4 Å². The first-order valence-corrected chi connectivity index (χ1v) is 15.9. The van der Waals surface area contributed by atoms with Gasteiger partial charge in [0, 0.05) is 18.8 Å². The number of hydrogen-bond donors (Lipinski definition) is 0. The fourth-order valence-corrected chi connectivity index (χ4v) is 5.40. The maximum atomic E-state index is 9.43. The quantitative estimate of drug-likeness (QED) is 0.0608. The molecule has 0 fully saturated rings. The van der Waals surface area contributed by atoms with Crippen LogP contribution in [0.3, 0.4) is 0 Å². The second-order valence-corrected chi connectivity index (χ2v) is 10.9. The van der Waals surface area contributed by atoms with Crippen molar-refractivity contribution in [2.75, 3.05) is 90.5 Å². The Morgan fingerprint density at radius 1 is 0.953 bits per heavy atom. The molecule has 0 aliphatic carbocycles. The molecule has 0 spiro atoms. The van der Waals surface area contributed by atoms with Crippen LogP contribution >= 0.6 is 11.3 Å². The number of nitrogens with zero attached hydrogens (tertiary/aromatic N) is 6. The van der Waals surface area contributed by atoms with Crippen molar-refractivity contribution in [3.05, 3.63) is 52.9 Å². The standard InChI is InChI=1S/C32H48N6O4S/c1-8-37(14-16-39-18-20-41-22-23-42-21-19-40-17-15-38(9-2,10-3)11-4)28-12-13-30(26(5)24-28)35-36-32-29(25-33)27(6)31(34-7)43-32/h9,12-13,24H,8,10-11,14-23H2,1-6H3/b36-35-. The number of rotatable bonds is 22. The molecule has 0 radical (unpaired) electrons. The van der Waals surface area contributed by atoms with Crippen molar-refractivity contribution in [3.8, 4) is 6.07 Å². The van der Waals surface area contributed by atoms with Gasteiger partial charge in [-0.2, -0.15) is 5.26 Å². The number of nitriles is 1. The first-order chi connectivity index (χ1) is 20.9. The van der Waals surface area contributed by atoms with E-state index in [0.29, 0.717) is 67.4 Å². The van der Waals surface area contributed by atoms with Crippen LogP contribution in [0.2, 0.25) is 0 Å². The zero-order valence-electron chi connectivity index (χ0n) is 26.7. The van der Waals surface area contributed by atoms with Gasteiger partial charge in [-0.05, 0) is 63.9 Å². The third-order valence-electron chi connectivity index (χ3n) is 7.60. The fourth-order valence-electron chi connectivity index (χ4n) is 4.53. The van der Waals surface area contributed by atoms with Gasteiger partial charge in [0.15, 0.2) is 0 Å². The van der Waals surface area contributed by atoms with Gasteiger partial charge in [0.25, 0.3) is 0 Å². The van der Waals surface area contributed by atoms with Crippen LogP contribution in [0.5, 0.6) is 0 Å². The van der Waals surface area contributed by atoms with Gasteiger partial charge in [-0.25, -0.2) is 4.85 Å². The zero-order valence-corrected chi connectivity index (χ0v) is 27.5. The number of azo groups is 1. The Morgan fingerprint density at radius 3 is 2.07 bits per heavy atom. The number of benzene rings is 1.